The van der Waals surface area contributed by atoms with E-state index in [1.807, 2.05) is 6.92 Å². The van der Waals surface area contributed by atoms with Gasteiger partial charge in [-0.2, -0.15) is 0 Å². The molecule has 1 aliphatic heterocycles. The van der Waals surface area contributed by atoms with Crippen LogP contribution < -0.4 is 10.0 Å². The molecule has 0 radical (unpaired) electrons. The molecule has 1 aliphatic rings. The zero-order valence-electron chi connectivity index (χ0n) is 15.3. The first-order valence-corrected chi connectivity index (χ1v) is 10.6. The number of sulfonamides is 1. The average molecular weight is 381 g/mol. The highest BCUT2D eigenvalue weighted by Crippen LogP contribution is 2.18. The van der Waals surface area contributed by atoms with Gasteiger partial charge in [-0.15, -0.1) is 0 Å². The zero-order valence-corrected chi connectivity index (χ0v) is 16.1. The van der Waals surface area contributed by atoms with Crippen LogP contribution in [0.4, 0.5) is 0 Å². The Morgan fingerprint density at radius 2 is 1.81 bits per heavy atom. The third-order valence-corrected chi connectivity index (χ3v) is 5.92. The second-order valence-electron chi connectivity index (χ2n) is 6.45. The first-order valence-electron chi connectivity index (χ1n) is 8.92. The maximum Gasteiger partial charge on any atom is 0.243 e. The standard InChI is InChI=1S/C18H27N3O4S/c1-3-17(22)21-11-5-4-6-16(21)18(23)20-12-14-7-9-15(10-8-14)13-26(24,25)19-2/h7-10,16,19H,3-6,11-13H2,1-2H3,(H,20,23). The molecule has 0 aromatic heterocycles. The molecule has 7 nitrogen and oxygen atoms in total. The number of carbonyl (C=O) groups is 2. The number of likely N-dealkylation sites (tertiary alicyclic amines) is 1. The third-order valence-electron chi connectivity index (χ3n) is 4.59. The Kier molecular flexibility index (Phi) is 7.16. The zero-order chi connectivity index (χ0) is 19.2. The van der Waals surface area contributed by atoms with Crippen molar-refractivity contribution in [2.75, 3.05) is 13.6 Å². The van der Waals surface area contributed by atoms with Crippen molar-refractivity contribution < 1.29 is 18.0 Å². The van der Waals surface area contributed by atoms with Gasteiger partial charge in [0.05, 0.1) is 5.75 Å². The lowest BCUT2D eigenvalue weighted by Crippen LogP contribution is -2.51. The van der Waals surface area contributed by atoms with E-state index in [4.69, 9.17) is 0 Å². The van der Waals surface area contributed by atoms with Gasteiger partial charge in [0.25, 0.3) is 0 Å². The quantitative estimate of drug-likeness (QED) is 0.740. The van der Waals surface area contributed by atoms with Crippen molar-refractivity contribution in [1.29, 1.82) is 0 Å². The summed E-state index contributed by atoms with van der Waals surface area (Å²) < 4.78 is 25.4. The molecule has 1 atom stereocenters. The topological polar surface area (TPSA) is 95.6 Å². The normalized spacial score (nSPS) is 17.8. The van der Waals surface area contributed by atoms with Gasteiger partial charge in [-0.05, 0) is 37.4 Å². The maximum atomic E-state index is 12.5. The Bertz CT molecular complexity index is 731. The summed E-state index contributed by atoms with van der Waals surface area (Å²) in [6.45, 7) is 2.80. The summed E-state index contributed by atoms with van der Waals surface area (Å²) in [6, 6.07) is 6.69. The van der Waals surface area contributed by atoms with Gasteiger partial charge in [0, 0.05) is 19.5 Å². The highest BCUT2D eigenvalue weighted by molar-refractivity contribution is 7.88. The first kappa shape index (κ1) is 20.4. The molecule has 1 aromatic rings. The Labute approximate surface area is 155 Å². The van der Waals surface area contributed by atoms with Crippen molar-refractivity contribution in [3.05, 3.63) is 35.4 Å². The Hall–Kier alpha value is -1.93. The number of benzene rings is 1. The molecule has 2 N–H and O–H groups in total. The summed E-state index contributed by atoms with van der Waals surface area (Å²) in [5.41, 5.74) is 1.56. The van der Waals surface area contributed by atoms with Crippen LogP contribution in [0.25, 0.3) is 0 Å². The third kappa shape index (κ3) is 5.54. The molecule has 1 aromatic carbocycles. The molecule has 26 heavy (non-hydrogen) atoms. The molecule has 144 valence electrons. The van der Waals surface area contributed by atoms with Crippen LogP contribution in [-0.2, 0) is 31.9 Å². The van der Waals surface area contributed by atoms with Crippen molar-refractivity contribution in [2.45, 2.75) is 50.9 Å². The van der Waals surface area contributed by atoms with Crippen molar-refractivity contribution in [1.82, 2.24) is 14.9 Å². The van der Waals surface area contributed by atoms with E-state index in [1.165, 1.54) is 7.05 Å². The second-order valence-corrected chi connectivity index (χ2v) is 8.38. The summed E-state index contributed by atoms with van der Waals surface area (Å²) in [7, 11) is -1.91. The highest BCUT2D eigenvalue weighted by Gasteiger charge is 2.30. The minimum Gasteiger partial charge on any atom is -0.350 e. The fourth-order valence-corrected chi connectivity index (χ4v) is 3.83. The summed E-state index contributed by atoms with van der Waals surface area (Å²) in [5, 5.41) is 2.89. The van der Waals surface area contributed by atoms with Crippen molar-refractivity contribution in [3.63, 3.8) is 0 Å². The van der Waals surface area contributed by atoms with Gasteiger partial charge in [-0.3, -0.25) is 9.59 Å². The van der Waals surface area contributed by atoms with Gasteiger partial charge >= 0.3 is 0 Å². The van der Waals surface area contributed by atoms with Crippen LogP contribution in [0.15, 0.2) is 24.3 Å². The molecular formula is C18H27N3O4S. The summed E-state index contributed by atoms with van der Waals surface area (Å²) in [5.74, 6) is -0.194. The summed E-state index contributed by atoms with van der Waals surface area (Å²) in [6.07, 6.45) is 2.98. The van der Waals surface area contributed by atoms with Gasteiger partial charge < -0.3 is 10.2 Å². The number of nitrogens with zero attached hydrogens (tertiary/aromatic N) is 1. The smallest absolute Gasteiger partial charge is 0.243 e. The predicted molar refractivity (Wildman–Crippen MR) is 99.6 cm³/mol. The van der Waals surface area contributed by atoms with Gasteiger partial charge in [-0.1, -0.05) is 31.2 Å². The van der Waals surface area contributed by atoms with E-state index in [1.54, 1.807) is 29.2 Å². The van der Waals surface area contributed by atoms with Crippen LogP contribution in [-0.4, -0.2) is 44.8 Å². The minimum atomic E-state index is -3.30. The monoisotopic (exact) mass is 381 g/mol. The van der Waals surface area contributed by atoms with Gasteiger partial charge in [0.15, 0.2) is 0 Å². The van der Waals surface area contributed by atoms with E-state index in [-0.39, 0.29) is 17.6 Å². The number of amides is 2. The maximum absolute atomic E-state index is 12.5. The minimum absolute atomic E-state index is 0.0138. The SMILES string of the molecule is CCC(=O)N1CCCCC1C(=O)NCc1ccc(CS(=O)(=O)NC)cc1. The van der Waals surface area contributed by atoms with E-state index >= 15 is 0 Å². The van der Waals surface area contributed by atoms with Crippen LogP contribution >= 0.6 is 0 Å². The fraction of sp³-hybridized carbons (Fsp3) is 0.556. The molecule has 1 heterocycles. The number of carbonyl (C=O) groups excluding carboxylic acids is 2. The van der Waals surface area contributed by atoms with E-state index in [9.17, 15) is 18.0 Å². The fourth-order valence-electron chi connectivity index (χ4n) is 3.06. The number of piperidine rings is 1. The van der Waals surface area contributed by atoms with Crippen LogP contribution in [0.3, 0.4) is 0 Å². The Morgan fingerprint density at radius 3 is 2.42 bits per heavy atom. The largest absolute Gasteiger partial charge is 0.350 e. The van der Waals surface area contributed by atoms with Crippen molar-refractivity contribution in [3.8, 4) is 0 Å². The lowest BCUT2D eigenvalue weighted by atomic mass is 10.0. The molecule has 8 heteroatoms. The molecule has 0 spiro atoms. The summed E-state index contributed by atoms with van der Waals surface area (Å²) >= 11 is 0. The van der Waals surface area contributed by atoms with E-state index < -0.39 is 16.1 Å². The van der Waals surface area contributed by atoms with Crippen LogP contribution in [0.2, 0.25) is 0 Å². The van der Waals surface area contributed by atoms with Gasteiger partial charge in [-0.25, -0.2) is 13.1 Å². The van der Waals surface area contributed by atoms with Crippen molar-refractivity contribution in [2.24, 2.45) is 0 Å². The molecule has 0 bridgehead atoms. The number of nitrogens with one attached hydrogen (secondary N) is 2. The predicted octanol–water partition coefficient (Wildman–Crippen LogP) is 1.14. The van der Waals surface area contributed by atoms with E-state index in [2.05, 4.69) is 10.0 Å². The first-order chi connectivity index (χ1) is 12.4. The molecule has 1 fully saturated rings. The number of rotatable bonds is 7. The van der Waals surface area contributed by atoms with Gasteiger partial charge in [0.1, 0.15) is 6.04 Å². The van der Waals surface area contributed by atoms with Crippen LogP contribution in [0.5, 0.6) is 0 Å². The molecule has 1 saturated heterocycles. The molecule has 2 amide bonds. The molecule has 1 unspecified atom stereocenters. The Balaban J connectivity index is 1.93. The number of hydrogen-bond donors (Lipinski definition) is 2. The highest BCUT2D eigenvalue weighted by atomic mass is 32.2. The second kappa shape index (κ2) is 9.14. The van der Waals surface area contributed by atoms with Crippen molar-refractivity contribution >= 4 is 21.8 Å². The average Bonchev–Trinajstić information content (AvgIpc) is 2.66. The Morgan fingerprint density at radius 1 is 1.15 bits per heavy atom. The molecular weight excluding hydrogens is 354 g/mol. The molecule has 0 aliphatic carbocycles. The lowest BCUT2D eigenvalue weighted by Gasteiger charge is -2.34. The van der Waals surface area contributed by atoms with E-state index in [0.717, 1.165) is 18.4 Å². The molecule has 0 saturated carbocycles. The van der Waals surface area contributed by atoms with Crippen LogP contribution in [0.1, 0.15) is 43.7 Å². The molecule has 2 rings (SSSR count). The summed E-state index contributed by atoms with van der Waals surface area (Å²) in [4.78, 5) is 26.2. The van der Waals surface area contributed by atoms with E-state index in [0.29, 0.717) is 31.5 Å². The number of hydrogen-bond acceptors (Lipinski definition) is 4. The van der Waals surface area contributed by atoms with Crippen LogP contribution in [0, 0.1) is 0 Å². The van der Waals surface area contributed by atoms with Gasteiger partial charge in [0.2, 0.25) is 21.8 Å². The lowest BCUT2D eigenvalue weighted by molar-refractivity contribution is -0.142.